The maximum Gasteiger partial charge on any atom is 0.159 e. The van der Waals surface area contributed by atoms with Gasteiger partial charge in [0, 0.05) is 15.9 Å². The highest BCUT2D eigenvalue weighted by Crippen LogP contribution is 2.28. The molecule has 1 aromatic carbocycles. The smallest absolute Gasteiger partial charge is 0.159 e. The second-order valence-corrected chi connectivity index (χ2v) is 5.33. The van der Waals surface area contributed by atoms with Crippen LogP contribution in [-0.4, -0.2) is 0 Å². The number of nitrogens with two attached hydrogens (primary N) is 1. The summed E-state index contributed by atoms with van der Waals surface area (Å²) in [4.78, 5) is 0. The molecule has 90 valence electrons. The van der Waals surface area contributed by atoms with Crippen LogP contribution in [-0.2, 0) is 6.42 Å². The van der Waals surface area contributed by atoms with Crippen molar-refractivity contribution in [3.63, 3.8) is 0 Å². The fourth-order valence-electron chi connectivity index (χ4n) is 1.59. The second kappa shape index (κ2) is 5.25. The predicted octanol–water partition coefficient (Wildman–Crippen LogP) is 4.03. The molecule has 0 fully saturated rings. The zero-order valence-electron chi connectivity index (χ0n) is 8.79. The van der Waals surface area contributed by atoms with Crippen molar-refractivity contribution in [2.75, 3.05) is 0 Å². The Morgan fingerprint density at radius 1 is 1.24 bits per heavy atom. The van der Waals surface area contributed by atoms with Gasteiger partial charge in [0.2, 0.25) is 0 Å². The number of hydrogen-bond acceptors (Lipinski definition) is 2. The summed E-state index contributed by atoms with van der Waals surface area (Å²) in [7, 11) is 0. The molecule has 0 saturated carbocycles. The van der Waals surface area contributed by atoms with Gasteiger partial charge in [-0.05, 0) is 51.0 Å². The van der Waals surface area contributed by atoms with Gasteiger partial charge in [-0.1, -0.05) is 6.07 Å². The number of benzene rings is 1. The Hall–Kier alpha value is -0.780. The van der Waals surface area contributed by atoms with E-state index in [2.05, 4.69) is 15.9 Å². The van der Waals surface area contributed by atoms with Gasteiger partial charge >= 0.3 is 0 Å². The standard InChI is InChI=1S/C12H10BrF2NS/c13-9-6-17-5-8(9)12(16)4-7-1-2-10(14)11(15)3-7/h1-3,5-6,12H,4,16H2. The first-order chi connectivity index (χ1) is 8.08. The van der Waals surface area contributed by atoms with Gasteiger partial charge in [-0.25, -0.2) is 8.78 Å². The molecule has 1 unspecified atom stereocenters. The maximum absolute atomic E-state index is 13.0. The Labute approximate surface area is 110 Å². The van der Waals surface area contributed by atoms with E-state index < -0.39 is 11.6 Å². The zero-order chi connectivity index (χ0) is 12.4. The van der Waals surface area contributed by atoms with Gasteiger partial charge in [0.1, 0.15) is 0 Å². The summed E-state index contributed by atoms with van der Waals surface area (Å²) in [5.41, 5.74) is 7.70. The molecule has 5 heteroatoms. The topological polar surface area (TPSA) is 26.0 Å². The third kappa shape index (κ3) is 2.91. The summed E-state index contributed by atoms with van der Waals surface area (Å²) in [5, 5.41) is 3.90. The van der Waals surface area contributed by atoms with Crippen molar-refractivity contribution < 1.29 is 8.78 Å². The molecule has 0 saturated heterocycles. The summed E-state index contributed by atoms with van der Waals surface area (Å²) >= 11 is 4.95. The molecule has 2 rings (SSSR count). The monoisotopic (exact) mass is 317 g/mol. The van der Waals surface area contributed by atoms with E-state index in [-0.39, 0.29) is 6.04 Å². The van der Waals surface area contributed by atoms with Gasteiger partial charge in [-0.3, -0.25) is 0 Å². The first kappa shape index (κ1) is 12.7. The van der Waals surface area contributed by atoms with Crippen molar-refractivity contribution in [1.29, 1.82) is 0 Å². The SMILES string of the molecule is NC(Cc1ccc(F)c(F)c1)c1cscc1Br. The molecule has 1 atom stereocenters. The molecular formula is C12H10BrF2NS. The van der Waals surface area contributed by atoms with Crippen LogP contribution in [0.1, 0.15) is 17.2 Å². The maximum atomic E-state index is 13.0. The highest BCUT2D eigenvalue weighted by Gasteiger charge is 2.12. The zero-order valence-corrected chi connectivity index (χ0v) is 11.2. The van der Waals surface area contributed by atoms with Crippen molar-refractivity contribution in [3.05, 3.63) is 56.2 Å². The highest BCUT2D eigenvalue weighted by molar-refractivity contribution is 9.10. The molecule has 0 aliphatic rings. The third-order valence-electron chi connectivity index (χ3n) is 2.48. The van der Waals surface area contributed by atoms with Crippen LogP contribution in [0.3, 0.4) is 0 Å². The minimum atomic E-state index is -0.834. The lowest BCUT2D eigenvalue weighted by Crippen LogP contribution is -2.13. The number of rotatable bonds is 3. The van der Waals surface area contributed by atoms with Gasteiger partial charge in [-0.2, -0.15) is 11.3 Å². The fourth-order valence-corrected chi connectivity index (χ4v) is 3.24. The Balaban J connectivity index is 2.16. The normalized spacial score (nSPS) is 12.7. The Bertz CT molecular complexity index is 527. The minimum Gasteiger partial charge on any atom is -0.324 e. The molecule has 2 aromatic rings. The molecule has 0 radical (unpaired) electrons. The minimum absolute atomic E-state index is 0.222. The summed E-state index contributed by atoms with van der Waals surface area (Å²) < 4.78 is 26.7. The molecule has 2 N–H and O–H groups in total. The fraction of sp³-hybridized carbons (Fsp3) is 0.167. The molecule has 1 aromatic heterocycles. The Morgan fingerprint density at radius 2 is 2.00 bits per heavy atom. The Morgan fingerprint density at radius 3 is 2.59 bits per heavy atom. The third-order valence-corrected chi connectivity index (χ3v) is 4.23. The molecular weight excluding hydrogens is 308 g/mol. The molecule has 0 bridgehead atoms. The van der Waals surface area contributed by atoms with E-state index in [1.54, 1.807) is 17.4 Å². The lowest BCUT2D eigenvalue weighted by atomic mass is 10.0. The van der Waals surface area contributed by atoms with E-state index in [0.717, 1.165) is 16.1 Å². The van der Waals surface area contributed by atoms with Gasteiger partial charge < -0.3 is 5.73 Å². The first-order valence-corrected chi connectivity index (χ1v) is 6.72. The predicted molar refractivity (Wildman–Crippen MR) is 69.0 cm³/mol. The molecule has 0 aliphatic heterocycles. The average molecular weight is 318 g/mol. The molecule has 17 heavy (non-hydrogen) atoms. The van der Waals surface area contributed by atoms with Crippen LogP contribution >= 0.6 is 27.3 Å². The van der Waals surface area contributed by atoms with Crippen molar-refractivity contribution in [3.8, 4) is 0 Å². The van der Waals surface area contributed by atoms with Crippen molar-refractivity contribution in [2.24, 2.45) is 5.73 Å². The van der Waals surface area contributed by atoms with Crippen molar-refractivity contribution >= 4 is 27.3 Å². The quantitative estimate of drug-likeness (QED) is 0.908. The van der Waals surface area contributed by atoms with Crippen molar-refractivity contribution in [1.82, 2.24) is 0 Å². The number of thiophene rings is 1. The largest absolute Gasteiger partial charge is 0.324 e. The van der Waals surface area contributed by atoms with Gasteiger partial charge in [0.15, 0.2) is 11.6 Å². The van der Waals surface area contributed by atoms with Crippen LogP contribution in [0.25, 0.3) is 0 Å². The van der Waals surface area contributed by atoms with E-state index in [0.29, 0.717) is 12.0 Å². The van der Waals surface area contributed by atoms with Crippen LogP contribution in [0.2, 0.25) is 0 Å². The van der Waals surface area contributed by atoms with Crippen LogP contribution in [0, 0.1) is 11.6 Å². The van der Waals surface area contributed by atoms with E-state index in [9.17, 15) is 8.78 Å². The summed E-state index contributed by atoms with van der Waals surface area (Å²) in [6, 6.07) is 3.65. The van der Waals surface area contributed by atoms with E-state index in [1.165, 1.54) is 6.07 Å². The molecule has 0 aliphatic carbocycles. The summed E-state index contributed by atoms with van der Waals surface area (Å²) in [6.07, 6.45) is 0.479. The van der Waals surface area contributed by atoms with Crippen LogP contribution in [0.5, 0.6) is 0 Å². The van der Waals surface area contributed by atoms with Crippen LogP contribution in [0.4, 0.5) is 8.78 Å². The lowest BCUT2D eigenvalue weighted by Gasteiger charge is -2.11. The van der Waals surface area contributed by atoms with Gasteiger partial charge in [0.05, 0.1) is 0 Å². The molecule has 1 heterocycles. The van der Waals surface area contributed by atoms with Gasteiger partial charge in [-0.15, -0.1) is 0 Å². The number of hydrogen-bond donors (Lipinski definition) is 1. The van der Waals surface area contributed by atoms with Gasteiger partial charge in [0.25, 0.3) is 0 Å². The number of halogens is 3. The lowest BCUT2D eigenvalue weighted by molar-refractivity contribution is 0.506. The molecule has 0 amide bonds. The van der Waals surface area contributed by atoms with E-state index in [1.807, 2.05) is 10.8 Å². The summed E-state index contributed by atoms with van der Waals surface area (Å²) in [5.74, 6) is -1.67. The molecule has 1 nitrogen and oxygen atoms in total. The second-order valence-electron chi connectivity index (χ2n) is 3.73. The van der Waals surface area contributed by atoms with E-state index >= 15 is 0 Å². The summed E-state index contributed by atoms with van der Waals surface area (Å²) in [6.45, 7) is 0. The van der Waals surface area contributed by atoms with E-state index in [4.69, 9.17) is 5.73 Å². The Kier molecular flexibility index (Phi) is 3.91. The first-order valence-electron chi connectivity index (χ1n) is 4.99. The molecule has 0 spiro atoms. The van der Waals surface area contributed by atoms with Crippen LogP contribution in [0.15, 0.2) is 33.4 Å². The highest BCUT2D eigenvalue weighted by atomic mass is 79.9. The average Bonchev–Trinajstić information content (AvgIpc) is 2.70. The van der Waals surface area contributed by atoms with Crippen LogP contribution < -0.4 is 5.73 Å². The van der Waals surface area contributed by atoms with Crippen molar-refractivity contribution in [2.45, 2.75) is 12.5 Å².